The van der Waals surface area contributed by atoms with Gasteiger partial charge in [-0.1, -0.05) is 37.1 Å². The van der Waals surface area contributed by atoms with Gasteiger partial charge < -0.3 is 20.1 Å². The van der Waals surface area contributed by atoms with Crippen molar-refractivity contribution < 1.29 is 26.7 Å². The van der Waals surface area contributed by atoms with Crippen LogP contribution in [-0.2, 0) is 28.7 Å². The molecule has 8 nitrogen and oxygen atoms in total. The second kappa shape index (κ2) is 12.0. The lowest BCUT2D eigenvalue weighted by Gasteiger charge is -2.35. The lowest BCUT2D eigenvalue weighted by Crippen LogP contribution is -2.49. The number of nitrogens with two attached hydrogens (primary N) is 1. The SMILES string of the molecule is CC(C)S(=O)[O-].Nc1ccc(CC(=O)N2CCN(c3ncnc4sc(CC(F)(F)F)cc34)CC2)cc1. The first-order chi connectivity index (χ1) is 16.9. The summed E-state index contributed by atoms with van der Waals surface area (Å²) in [5, 5.41) is 0.397. The Morgan fingerprint density at radius 1 is 1.17 bits per heavy atom. The first kappa shape index (κ1) is 27.8. The molecule has 2 N–H and O–H groups in total. The predicted octanol–water partition coefficient (Wildman–Crippen LogP) is 3.54. The molecule has 0 spiro atoms. The minimum absolute atomic E-state index is 0.0373. The summed E-state index contributed by atoms with van der Waals surface area (Å²) < 4.78 is 57.6. The van der Waals surface area contributed by atoms with Crippen molar-refractivity contribution in [1.82, 2.24) is 14.9 Å². The summed E-state index contributed by atoms with van der Waals surface area (Å²) in [6, 6.07) is 8.76. The molecule has 0 radical (unpaired) electrons. The van der Waals surface area contributed by atoms with Crippen LogP contribution in [0, 0.1) is 0 Å². The number of rotatable bonds is 5. The van der Waals surface area contributed by atoms with Gasteiger partial charge in [-0.25, -0.2) is 9.97 Å². The summed E-state index contributed by atoms with van der Waals surface area (Å²) in [6.07, 6.45) is -3.54. The van der Waals surface area contributed by atoms with Crippen molar-refractivity contribution >= 4 is 50.0 Å². The Morgan fingerprint density at radius 2 is 1.78 bits per heavy atom. The molecule has 1 atom stereocenters. The zero-order valence-corrected chi connectivity index (χ0v) is 21.5. The van der Waals surface area contributed by atoms with Crippen LogP contribution in [0.2, 0.25) is 0 Å². The monoisotopic (exact) mass is 542 g/mol. The van der Waals surface area contributed by atoms with Crippen LogP contribution >= 0.6 is 11.3 Å². The average molecular weight is 543 g/mol. The molecule has 1 aromatic carbocycles. The van der Waals surface area contributed by atoms with Gasteiger partial charge in [0.15, 0.2) is 0 Å². The van der Waals surface area contributed by atoms with Crippen molar-refractivity contribution in [3.63, 3.8) is 0 Å². The molecule has 1 unspecified atom stereocenters. The van der Waals surface area contributed by atoms with Gasteiger partial charge in [0.05, 0.1) is 18.2 Å². The summed E-state index contributed by atoms with van der Waals surface area (Å²) in [5.74, 6) is 0.658. The molecule has 36 heavy (non-hydrogen) atoms. The van der Waals surface area contributed by atoms with Gasteiger partial charge in [0.1, 0.15) is 17.0 Å². The van der Waals surface area contributed by atoms with E-state index in [9.17, 15) is 26.7 Å². The smallest absolute Gasteiger partial charge is 0.393 e. The van der Waals surface area contributed by atoms with Crippen LogP contribution in [0.15, 0.2) is 36.7 Å². The standard InChI is InChI=1S/C20H20F3N5OS.C3H8O2S/c21-20(22,23)11-15-10-16-18(25-12-26-19(16)30-15)28-7-5-27(6-8-28)17(29)9-13-1-3-14(24)4-2-13;1-3(2)6(4)5/h1-4,10,12H,5-9,11,24H2;3H,1-2H3,(H,4,5)/p-1. The van der Waals surface area contributed by atoms with Gasteiger partial charge in [0, 0.05) is 42.0 Å². The molecule has 2 aromatic heterocycles. The highest BCUT2D eigenvalue weighted by atomic mass is 32.2. The summed E-state index contributed by atoms with van der Waals surface area (Å²) >= 11 is -0.829. The van der Waals surface area contributed by atoms with Gasteiger partial charge in [-0.3, -0.25) is 9.00 Å². The fraction of sp³-hybridized carbons (Fsp3) is 0.435. The molecule has 1 fully saturated rings. The first-order valence-electron chi connectivity index (χ1n) is 11.2. The zero-order chi connectivity index (χ0) is 26.5. The molecule has 4 rings (SSSR count). The molecule has 3 heterocycles. The molecule has 3 aromatic rings. The van der Waals surface area contributed by atoms with Crippen molar-refractivity contribution in [2.75, 3.05) is 36.8 Å². The highest BCUT2D eigenvalue weighted by Crippen LogP contribution is 2.34. The molecule has 0 bridgehead atoms. The molecule has 0 saturated carbocycles. The Morgan fingerprint density at radius 3 is 2.33 bits per heavy atom. The van der Waals surface area contributed by atoms with Crippen LogP contribution in [0.25, 0.3) is 10.2 Å². The number of halogens is 3. The maximum atomic E-state index is 12.7. The minimum Gasteiger partial charge on any atom is -0.772 e. The van der Waals surface area contributed by atoms with E-state index in [1.165, 1.54) is 12.4 Å². The molecule has 1 aliphatic heterocycles. The Hall–Kier alpha value is -2.77. The number of thiophene rings is 1. The number of piperazine rings is 1. The number of nitrogens with zero attached hydrogens (tertiary/aromatic N) is 4. The van der Waals surface area contributed by atoms with Crippen LogP contribution < -0.4 is 10.6 Å². The number of nitrogen functional groups attached to an aromatic ring is 1. The molecule has 196 valence electrons. The number of hydrogen-bond donors (Lipinski definition) is 1. The third-order valence-electron chi connectivity index (χ3n) is 5.39. The van der Waals surface area contributed by atoms with Crippen LogP contribution in [-0.4, -0.2) is 67.1 Å². The van der Waals surface area contributed by atoms with E-state index in [0.29, 0.717) is 54.3 Å². The molecular formula is C23H27F3N5O3S2-. The quantitative estimate of drug-likeness (QED) is 0.387. The van der Waals surface area contributed by atoms with E-state index in [2.05, 4.69) is 9.97 Å². The van der Waals surface area contributed by atoms with Crippen LogP contribution in [0.4, 0.5) is 24.7 Å². The van der Waals surface area contributed by atoms with Crippen molar-refractivity contribution in [2.45, 2.75) is 38.1 Å². The van der Waals surface area contributed by atoms with Crippen LogP contribution in [0.3, 0.4) is 0 Å². The summed E-state index contributed by atoms with van der Waals surface area (Å²) in [5.41, 5.74) is 7.24. The van der Waals surface area contributed by atoms with E-state index in [-0.39, 0.29) is 16.0 Å². The van der Waals surface area contributed by atoms with Crippen molar-refractivity contribution in [2.24, 2.45) is 0 Å². The maximum Gasteiger partial charge on any atom is 0.393 e. The Balaban J connectivity index is 0.000000538. The first-order valence-corrected chi connectivity index (χ1v) is 13.1. The van der Waals surface area contributed by atoms with E-state index in [0.717, 1.165) is 16.9 Å². The molecule has 0 aliphatic carbocycles. The van der Waals surface area contributed by atoms with E-state index in [1.807, 2.05) is 17.0 Å². The average Bonchev–Trinajstić information content (AvgIpc) is 3.21. The Labute approximate surface area is 213 Å². The number of amides is 1. The number of alkyl halides is 3. The maximum absolute atomic E-state index is 12.7. The van der Waals surface area contributed by atoms with Crippen LogP contribution in [0.1, 0.15) is 24.3 Å². The van der Waals surface area contributed by atoms with Gasteiger partial charge in [0.25, 0.3) is 0 Å². The van der Waals surface area contributed by atoms with E-state index in [1.54, 1.807) is 30.9 Å². The molecular weight excluding hydrogens is 515 g/mol. The minimum atomic E-state index is -4.26. The Bertz CT molecular complexity index is 1190. The number of carbonyl (C=O) groups is 1. The molecule has 1 aliphatic rings. The Kier molecular flexibility index (Phi) is 9.25. The van der Waals surface area contributed by atoms with E-state index < -0.39 is 23.7 Å². The van der Waals surface area contributed by atoms with Crippen LogP contribution in [0.5, 0.6) is 0 Å². The lowest BCUT2D eigenvalue weighted by atomic mass is 10.1. The zero-order valence-electron chi connectivity index (χ0n) is 19.8. The van der Waals surface area contributed by atoms with Crippen molar-refractivity contribution in [3.8, 4) is 0 Å². The predicted molar refractivity (Wildman–Crippen MR) is 135 cm³/mol. The highest BCUT2D eigenvalue weighted by molar-refractivity contribution is 7.79. The third-order valence-corrected chi connectivity index (χ3v) is 7.20. The third kappa shape index (κ3) is 7.87. The van der Waals surface area contributed by atoms with Gasteiger partial charge in [-0.05, 0) is 23.8 Å². The lowest BCUT2D eigenvalue weighted by molar-refractivity contribution is -0.130. The highest BCUT2D eigenvalue weighted by Gasteiger charge is 2.30. The number of aromatic nitrogens is 2. The second-order valence-electron chi connectivity index (χ2n) is 8.52. The topological polar surface area (TPSA) is 115 Å². The van der Waals surface area contributed by atoms with Gasteiger partial charge >= 0.3 is 6.18 Å². The van der Waals surface area contributed by atoms with Crippen molar-refractivity contribution in [1.29, 1.82) is 0 Å². The summed E-state index contributed by atoms with van der Waals surface area (Å²) in [7, 11) is 0. The van der Waals surface area contributed by atoms with Gasteiger partial charge in [0.2, 0.25) is 5.91 Å². The summed E-state index contributed by atoms with van der Waals surface area (Å²) in [4.78, 5) is 25.6. The summed E-state index contributed by atoms with van der Waals surface area (Å²) in [6.45, 7) is 5.43. The molecule has 1 saturated heterocycles. The number of anilines is 2. The van der Waals surface area contributed by atoms with E-state index in [4.69, 9.17) is 5.73 Å². The largest absolute Gasteiger partial charge is 0.772 e. The second-order valence-corrected chi connectivity index (χ2v) is 11.1. The fourth-order valence-corrected chi connectivity index (χ4v) is 4.54. The normalized spacial score (nSPS) is 15.1. The number of fused-ring (bicyclic) bond motifs is 1. The van der Waals surface area contributed by atoms with Crippen molar-refractivity contribution in [3.05, 3.63) is 47.1 Å². The number of hydrogen-bond acceptors (Lipinski definition) is 8. The van der Waals surface area contributed by atoms with Gasteiger partial charge in [-0.15, -0.1) is 11.3 Å². The molecule has 1 amide bonds. The number of carbonyl (C=O) groups excluding carboxylic acids is 1. The van der Waals surface area contributed by atoms with E-state index >= 15 is 0 Å². The molecule has 13 heteroatoms. The number of benzene rings is 1. The fourth-order valence-electron chi connectivity index (χ4n) is 3.52. The van der Waals surface area contributed by atoms with Gasteiger partial charge in [-0.2, -0.15) is 13.2 Å².